The number of hydrogen-bond acceptors (Lipinski definition) is 7. The highest BCUT2D eigenvalue weighted by molar-refractivity contribution is 5.93. The lowest BCUT2D eigenvalue weighted by Crippen LogP contribution is -2.56. The standard InChI is InChI=1S/C18H31N5O7/c1-3-11(2)16(18(29)21-10-30-9-15(26)27)22-17(28)12-5-4-6-23(12)14(25)8-20-13(24)7-19/h11-12,16H,3-10,19H2,1-2H3,(H,20,24)(H,21,29)(H,22,28)(H,26,27)/t11?,12-,16-/m0/s1. The molecule has 0 aromatic heterocycles. The largest absolute Gasteiger partial charge is 0.480 e. The van der Waals surface area contributed by atoms with Crippen LogP contribution in [0.25, 0.3) is 0 Å². The maximum atomic E-state index is 12.8. The van der Waals surface area contributed by atoms with Crippen LogP contribution >= 0.6 is 0 Å². The van der Waals surface area contributed by atoms with E-state index in [1.807, 2.05) is 6.92 Å². The van der Waals surface area contributed by atoms with Gasteiger partial charge in [-0.1, -0.05) is 20.3 Å². The molecule has 1 aliphatic rings. The fourth-order valence-electron chi connectivity index (χ4n) is 3.01. The van der Waals surface area contributed by atoms with E-state index in [4.69, 9.17) is 15.6 Å². The van der Waals surface area contributed by atoms with Gasteiger partial charge in [0.15, 0.2) is 0 Å². The molecule has 1 rings (SSSR count). The summed E-state index contributed by atoms with van der Waals surface area (Å²) in [5.41, 5.74) is 5.19. The van der Waals surface area contributed by atoms with Crippen molar-refractivity contribution in [2.24, 2.45) is 11.7 Å². The Hall–Kier alpha value is -2.73. The van der Waals surface area contributed by atoms with Gasteiger partial charge >= 0.3 is 5.97 Å². The molecule has 12 nitrogen and oxygen atoms in total. The van der Waals surface area contributed by atoms with Crippen LogP contribution in [0.2, 0.25) is 0 Å². The van der Waals surface area contributed by atoms with Crippen molar-refractivity contribution >= 4 is 29.6 Å². The number of nitrogens with zero attached hydrogens (tertiary/aromatic N) is 1. The Labute approximate surface area is 174 Å². The number of likely N-dealkylation sites (tertiary alicyclic amines) is 1. The monoisotopic (exact) mass is 429 g/mol. The minimum atomic E-state index is -1.16. The van der Waals surface area contributed by atoms with E-state index in [-0.39, 0.29) is 25.7 Å². The lowest BCUT2D eigenvalue weighted by Gasteiger charge is -2.28. The first-order valence-corrected chi connectivity index (χ1v) is 9.85. The second kappa shape index (κ2) is 12.8. The number of hydrogen-bond donors (Lipinski definition) is 5. The summed E-state index contributed by atoms with van der Waals surface area (Å²) < 4.78 is 4.80. The van der Waals surface area contributed by atoms with Crippen LogP contribution in [0.4, 0.5) is 0 Å². The summed E-state index contributed by atoms with van der Waals surface area (Å²) in [7, 11) is 0. The predicted molar refractivity (Wildman–Crippen MR) is 105 cm³/mol. The molecule has 1 aliphatic heterocycles. The summed E-state index contributed by atoms with van der Waals surface area (Å²) in [6, 6.07) is -1.61. The van der Waals surface area contributed by atoms with Gasteiger partial charge in [-0.3, -0.25) is 19.2 Å². The van der Waals surface area contributed by atoms with E-state index in [0.717, 1.165) is 0 Å². The molecule has 30 heavy (non-hydrogen) atoms. The Bertz CT molecular complexity index is 642. The van der Waals surface area contributed by atoms with Gasteiger partial charge in [-0.25, -0.2) is 4.79 Å². The molecular weight excluding hydrogens is 398 g/mol. The van der Waals surface area contributed by atoms with Gasteiger partial charge in [0.05, 0.1) is 13.1 Å². The van der Waals surface area contributed by atoms with Gasteiger partial charge in [-0.2, -0.15) is 0 Å². The Morgan fingerprint density at radius 3 is 2.53 bits per heavy atom. The predicted octanol–water partition coefficient (Wildman–Crippen LogP) is -2.24. The Kier molecular flexibility index (Phi) is 10.8. The third-order valence-corrected chi connectivity index (χ3v) is 4.87. The smallest absolute Gasteiger partial charge is 0.329 e. The first kappa shape index (κ1) is 25.3. The molecule has 0 bridgehead atoms. The molecule has 1 heterocycles. The fourth-order valence-corrected chi connectivity index (χ4v) is 3.01. The molecule has 1 fully saturated rings. The van der Waals surface area contributed by atoms with Crippen LogP contribution in [-0.2, 0) is 28.7 Å². The number of amides is 4. The lowest BCUT2D eigenvalue weighted by atomic mass is 9.97. The third kappa shape index (κ3) is 7.95. The van der Waals surface area contributed by atoms with Crippen LogP contribution in [0.3, 0.4) is 0 Å². The van der Waals surface area contributed by atoms with Crippen LogP contribution in [-0.4, -0.2) is 84.7 Å². The maximum Gasteiger partial charge on any atom is 0.329 e. The minimum Gasteiger partial charge on any atom is -0.480 e. The highest BCUT2D eigenvalue weighted by Gasteiger charge is 2.36. The minimum absolute atomic E-state index is 0.206. The first-order chi connectivity index (χ1) is 14.2. The van der Waals surface area contributed by atoms with Crippen LogP contribution < -0.4 is 21.7 Å². The summed E-state index contributed by atoms with van der Waals surface area (Å²) in [6.45, 7) is 2.68. The molecule has 0 aromatic rings. The van der Waals surface area contributed by atoms with Gasteiger partial charge in [-0.05, 0) is 18.8 Å². The summed E-state index contributed by atoms with van der Waals surface area (Å²) in [5, 5.41) is 16.1. The Morgan fingerprint density at radius 2 is 1.93 bits per heavy atom. The Morgan fingerprint density at radius 1 is 1.23 bits per heavy atom. The quantitative estimate of drug-likeness (QED) is 0.170. The number of aliphatic carboxylic acids is 1. The zero-order chi connectivity index (χ0) is 22.7. The van der Waals surface area contributed by atoms with Gasteiger partial charge in [0.2, 0.25) is 23.6 Å². The van der Waals surface area contributed by atoms with Crippen molar-refractivity contribution in [2.45, 2.75) is 45.2 Å². The second-order valence-electron chi connectivity index (χ2n) is 7.03. The summed E-state index contributed by atoms with van der Waals surface area (Å²) in [6.07, 6.45) is 1.67. The van der Waals surface area contributed by atoms with Crippen molar-refractivity contribution in [1.82, 2.24) is 20.9 Å². The van der Waals surface area contributed by atoms with E-state index in [1.54, 1.807) is 6.92 Å². The number of rotatable bonds is 12. The normalized spacial score (nSPS) is 17.7. The highest BCUT2D eigenvalue weighted by Crippen LogP contribution is 2.18. The van der Waals surface area contributed by atoms with Crippen molar-refractivity contribution in [3.63, 3.8) is 0 Å². The summed E-state index contributed by atoms with van der Waals surface area (Å²) >= 11 is 0. The molecule has 0 aromatic carbocycles. The van der Waals surface area contributed by atoms with Crippen LogP contribution in [0, 0.1) is 5.92 Å². The number of carbonyl (C=O) groups excluding carboxylic acids is 4. The van der Waals surface area contributed by atoms with Crippen molar-refractivity contribution in [3.8, 4) is 0 Å². The van der Waals surface area contributed by atoms with Gasteiger partial charge in [0, 0.05) is 6.54 Å². The molecule has 0 saturated carbocycles. The number of nitrogens with one attached hydrogen (secondary N) is 3. The third-order valence-electron chi connectivity index (χ3n) is 4.87. The van der Waals surface area contributed by atoms with Gasteiger partial charge in [-0.15, -0.1) is 0 Å². The number of carboxylic acids is 1. The average molecular weight is 429 g/mol. The van der Waals surface area contributed by atoms with Crippen molar-refractivity contribution in [3.05, 3.63) is 0 Å². The van der Waals surface area contributed by atoms with Gasteiger partial charge < -0.3 is 36.4 Å². The maximum absolute atomic E-state index is 12.8. The molecule has 0 spiro atoms. The van der Waals surface area contributed by atoms with Crippen LogP contribution in [0.1, 0.15) is 33.1 Å². The molecule has 0 radical (unpaired) electrons. The average Bonchev–Trinajstić information content (AvgIpc) is 3.22. The highest BCUT2D eigenvalue weighted by atomic mass is 16.5. The molecule has 12 heteroatoms. The molecule has 170 valence electrons. The Balaban J connectivity index is 2.70. The van der Waals surface area contributed by atoms with E-state index in [0.29, 0.717) is 25.8 Å². The van der Waals surface area contributed by atoms with Crippen LogP contribution in [0.5, 0.6) is 0 Å². The van der Waals surface area contributed by atoms with E-state index in [2.05, 4.69) is 16.0 Å². The number of carboxylic acid groups (broad SMARTS) is 1. The molecule has 1 saturated heterocycles. The second-order valence-corrected chi connectivity index (χ2v) is 7.03. The van der Waals surface area contributed by atoms with Crippen molar-refractivity contribution in [2.75, 3.05) is 33.0 Å². The van der Waals surface area contributed by atoms with Gasteiger partial charge in [0.25, 0.3) is 0 Å². The van der Waals surface area contributed by atoms with E-state index in [9.17, 15) is 24.0 Å². The molecule has 4 amide bonds. The van der Waals surface area contributed by atoms with Crippen LogP contribution in [0.15, 0.2) is 0 Å². The van der Waals surface area contributed by atoms with Gasteiger partial charge in [0.1, 0.15) is 25.4 Å². The van der Waals surface area contributed by atoms with Crippen molar-refractivity contribution < 1.29 is 33.8 Å². The lowest BCUT2D eigenvalue weighted by molar-refractivity contribution is -0.144. The van der Waals surface area contributed by atoms with E-state index < -0.39 is 48.3 Å². The first-order valence-electron chi connectivity index (χ1n) is 9.85. The zero-order valence-electron chi connectivity index (χ0n) is 17.3. The van der Waals surface area contributed by atoms with E-state index in [1.165, 1.54) is 4.90 Å². The zero-order valence-corrected chi connectivity index (χ0v) is 17.3. The van der Waals surface area contributed by atoms with Crippen molar-refractivity contribution in [1.29, 1.82) is 0 Å². The number of carbonyl (C=O) groups is 5. The SMILES string of the molecule is CCC(C)[C@H](NC(=O)[C@@H]1CCCN1C(=O)CNC(=O)CN)C(=O)NCOCC(=O)O. The molecule has 1 unspecified atom stereocenters. The molecule has 3 atom stereocenters. The van der Waals surface area contributed by atoms with E-state index >= 15 is 0 Å². The number of nitrogens with two attached hydrogens (primary N) is 1. The molecule has 0 aliphatic carbocycles. The summed E-state index contributed by atoms with van der Waals surface area (Å²) in [4.78, 5) is 60.7. The topological polar surface area (TPSA) is 180 Å². The number of ether oxygens (including phenoxy) is 1. The molecular formula is C18H31N5O7. The summed E-state index contributed by atoms with van der Waals surface area (Å²) in [5.74, 6) is -3.21. The molecule has 6 N–H and O–H groups in total. The fraction of sp³-hybridized carbons (Fsp3) is 0.722.